The van der Waals surface area contributed by atoms with Crippen molar-refractivity contribution in [1.29, 1.82) is 0 Å². The first-order valence-electron chi connectivity index (χ1n) is 6.65. The maximum absolute atomic E-state index is 13.3. The third kappa shape index (κ3) is 3.86. The van der Waals surface area contributed by atoms with E-state index in [2.05, 4.69) is 25.6 Å². The second kappa shape index (κ2) is 6.77. The number of hydrogen-bond acceptors (Lipinski definition) is 4. The van der Waals surface area contributed by atoms with Gasteiger partial charge < -0.3 is 0 Å². The predicted molar refractivity (Wildman–Crippen MR) is 92.4 cm³/mol. The van der Waals surface area contributed by atoms with E-state index in [1.807, 2.05) is 0 Å². The molecular weight excluding hydrogens is 441 g/mol. The summed E-state index contributed by atoms with van der Waals surface area (Å²) in [6.07, 6.45) is 0. The minimum atomic E-state index is -3.99. The van der Waals surface area contributed by atoms with Crippen LogP contribution in [0.5, 0.6) is 0 Å². The Morgan fingerprint density at radius 3 is 2.48 bits per heavy atom. The van der Waals surface area contributed by atoms with Crippen molar-refractivity contribution in [2.75, 3.05) is 4.72 Å². The number of benzene rings is 2. The van der Waals surface area contributed by atoms with Gasteiger partial charge in [0.15, 0.2) is 16.8 Å². The van der Waals surface area contributed by atoms with E-state index in [1.54, 1.807) is 0 Å². The summed E-state index contributed by atoms with van der Waals surface area (Å²) in [6, 6.07) is 6.44. The van der Waals surface area contributed by atoms with Crippen molar-refractivity contribution >= 4 is 42.4 Å². The highest BCUT2D eigenvalue weighted by Crippen LogP contribution is 2.29. The third-order valence-corrected chi connectivity index (χ3v) is 6.33. The summed E-state index contributed by atoms with van der Waals surface area (Å²) < 4.78 is 66.5. The number of halogens is 4. The molecule has 0 atom stereocenters. The van der Waals surface area contributed by atoms with Gasteiger partial charge in [-0.3, -0.25) is 4.72 Å². The Bertz CT molecular complexity index is 1050. The fraction of sp³-hybridized carbons (Fsp3) is 0. The van der Waals surface area contributed by atoms with Gasteiger partial charge in [-0.05, 0) is 52.3 Å². The molecule has 0 aliphatic heterocycles. The highest BCUT2D eigenvalue weighted by molar-refractivity contribution is 9.10. The van der Waals surface area contributed by atoms with Crippen molar-refractivity contribution in [3.63, 3.8) is 0 Å². The highest BCUT2D eigenvalue weighted by Gasteiger charge is 2.20. The smallest absolute Gasteiger partial charge is 0.255 e. The molecule has 0 fully saturated rings. The molecule has 130 valence electrons. The Kier molecular flexibility index (Phi) is 4.85. The summed E-state index contributed by atoms with van der Waals surface area (Å²) in [5.41, 5.74) is 0.600. The molecule has 0 unspecified atom stereocenters. The standard InChI is InChI=1S/C15H8BrF3N2O2S2/c16-10-6-9(17)2-4-14(10)25(22,23)21-15-20-13(7-24-15)8-1-3-11(18)12(19)5-8/h1-7H,(H,20,21). The molecule has 4 nitrogen and oxygen atoms in total. The monoisotopic (exact) mass is 448 g/mol. The van der Waals surface area contributed by atoms with Gasteiger partial charge in [0.05, 0.1) is 5.69 Å². The minimum absolute atomic E-state index is 0.0379. The normalized spacial score (nSPS) is 11.5. The Morgan fingerprint density at radius 2 is 1.80 bits per heavy atom. The second-order valence-corrected chi connectivity index (χ2v) is 8.21. The van der Waals surface area contributed by atoms with Crippen LogP contribution in [0.3, 0.4) is 0 Å². The van der Waals surface area contributed by atoms with Gasteiger partial charge in [0.2, 0.25) is 0 Å². The molecule has 3 rings (SSSR count). The van der Waals surface area contributed by atoms with Crippen LogP contribution in [0.4, 0.5) is 18.3 Å². The van der Waals surface area contributed by atoms with E-state index in [4.69, 9.17) is 0 Å². The number of thiazole rings is 1. The lowest BCUT2D eigenvalue weighted by atomic mass is 10.2. The maximum atomic E-state index is 13.3. The molecular formula is C15H8BrF3N2O2S2. The number of sulfonamides is 1. The molecule has 0 radical (unpaired) electrons. The van der Waals surface area contributed by atoms with Crippen LogP contribution in [0.15, 0.2) is 51.1 Å². The van der Waals surface area contributed by atoms with Crippen molar-refractivity contribution in [3.05, 3.63) is 63.7 Å². The molecule has 0 saturated heterocycles. The van der Waals surface area contributed by atoms with Crippen LogP contribution in [0, 0.1) is 17.5 Å². The van der Waals surface area contributed by atoms with Crippen molar-refractivity contribution < 1.29 is 21.6 Å². The lowest BCUT2D eigenvalue weighted by molar-refractivity contribution is 0.509. The molecule has 1 aromatic heterocycles. The zero-order valence-electron chi connectivity index (χ0n) is 12.1. The Morgan fingerprint density at radius 1 is 1.04 bits per heavy atom. The van der Waals surface area contributed by atoms with Gasteiger partial charge in [0, 0.05) is 15.4 Å². The fourth-order valence-corrected chi connectivity index (χ4v) is 4.99. The number of rotatable bonds is 4. The van der Waals surface area contributed by atoms with Crippen molar-refractivity contribution in [2.24, 2.45) is 0 Å². The first-order chi connectivity index (χ1) is 11.8. The summed E-state index contributed by atoms with van der Waals surface area (Å²) in [4.78, 5) is 3.90. The lowest BCUT2D eigenvalue weighted by Gasteiger charge is -2.07. The molecule has 0 aliphatic rings. The summed E-state index contributed by atoms with van der Waals surface area (Å²) in [5.74, 6) is -2.59. The van der Waals surface area contributed by atoms with Gasteiger partial charge in [-0.2, -0.15) is 0 Å². The molecule has 10 heteroatoms. The molecule has 2 aromatic carbocycles. The number of hydrogen-bond donors (Lipinski definition) is 1. The fourth-order valence-electron chi connectivity index (χ4n) is 1.97. The third-order valence-electron chi connectivity index (χ3n) is 3.12. The molecule has 0 amide bonds. The van der Waals surface area contributed by atoms with Crippen LogP contribution in [0.2, 0.25) is 0 Å². The van der Waals surface area contributed by atoms with E-state index >= 15 is 0 Å². The first kappa shape index (κ1) is 17.9. The molecule has 0 bridgehead atoms. The predicted octanol–water partition coefficient (Wildman–Crippen LogP) is 4.79. The van der Waals surface area contributed by atoms with Gasteiger partial charge in [0.1, 0.15) is 10.7 Å². The van der Waals surface area contributed by atoms with Gasteiger partial charge in [-0.1, -0.05) is 0 Å². The van der Waals surface area contributed by atoms with Crippen molar-refractivity contribution in [2.45, 2.75) is 4.90 Å². The van der Waals surface area contributed by atoms with Crippen LogP contribution in [-0.2, 0) is 10.0 Å². The summed E-state index contributed by atoms with van der Waals surface area (Å²) in [6.45, 7) is 0. The van der Waals surface area contributed by atoms with Crippen LogP contribution < -0.4 is 4.72 Å². The average molecular weight is 449 g/mol. The zero-order chi connectivity index (χ0) is 18.2. The van der Waals surface area contributed by atoms with Crippen LogP contribution in [0.25, 0.3) is 11.3 Å². The topological polar surface area (TPSA) is 59.1 Å². The summed E-state index contributed by atoms with van der Waals surface area (Å²) in [7, 11) is -3.99. The number of anilines is 1. The summed E-state index contributed by atoms with van der Waals surface area (Å²) in [5, 5.41) is 1.54. The van der Waals surface area contributed by atoms with Crippen LogP contribution in [-0.4, -0.2) is 13.4 Å². The SMILES string of the molecule is O=S(=O)(Nc1nc(-c2ccc(F)c(F)c2)cs1)c1ccc(F)cc1Br. The Labute approximate surface area is 153 Å². The van der Waals surface area contributed by atoms with Gasteiger partial charge in [-0.25, -0.2) is 26.6 Å². The molecule has 0 aliphatic carbocycles. The van der Waals surface area contributed by atoms with Crippen molar-refractivity contribution in [1.82, 2.24) is 4.98 Å². The lowest BCUT2D eigenvalue weighted by Crippen LogP contribution is -2.13. The van der Waals surface area contributed by atoms with E-state index in [0.717, 1.165) is 41.7 Å². The Hall–Kier alpha value is -1.91. The minimum Gasteiger partial charge on any atom is -0.255 e. The van der Waals surface area contributed by atoms with E-state index in [0.29, 0.717) is 11.3 Å². The van der Waals surface area contributed by atoms with Gasteiger partial charge >= 0.3 is 0 Å². The quantitative estimate of drug-likeness (QED) is 0.623. The summed E-state index contributed by atoms with van der Waals surface area (Å²) >= 11 is 3.98. The molecule has 1 heterocycles. The van der Waals surface area contributed by atoms with Crippen LogP contribution >= 0.6 is 27.3 Å². The van der Waals surface area contributed by atoms with Gasteiger partial charge in [0.25, 0.3) is 10.0 Å². The highest BCUT2D eigenvalue weighted by atomic mass is 79.9. The van der Waals surface area contributed by atoms with E-state index in [-0.39, 0.29) is 14.5 Å². The molecule has 3 aromatic rings. The number of nitrogens with zero attached hydrogens (tertiary/aromatic N) is 1. The van der Waals surface area contributed by atoms with Crippen LogP contribution in [0.1, 0.15) is 0 Å². The molecule has 1 N–H and O–H groups in total. The van der Waals surface area contributed by atoms with E-state index in [1.165, 1.54) is 11.4 Å². The maximum Gasteiger partial charge on any atom is 0.264 e. The second-order valence-electron chi connectivity index (χ2n) is 4.85. The molecule has 25 heavy (non-hydrogen) atoms. The molecule has 0 saturated carbocycles. The van der Waals surface area contributed by atoms with Gasteiger partial charge in [-0.15, -0.1) is 11.3 Å². The van der Waals surface area contributed by atoms with E-state index in [9.17, 15) is 21.6 Å². The van der Waals surface area contributed by atoms with Crippen molar-refractivity contribution in [3.8, 4) is 11.3 Å². The number of nitrogens with one attached hydrogen (secondary N) is 1. The Balaban J connectivity index is 1.88. The zero-order valence-corrected chi connectivity index (χ0v) is 15.4. The number of aromatic nitrogens is 1. The molecule has 0 spiro atoms. The first-order valence-corrected chi connectivity index (χ1v) is 9.81. The van der Waals surface area contributed by atoms with E-state index < -0.39 is 27.5 Å². The largest absolute Gasteiger partial charge is 0.264 e. The average Bonchev–Trinajstić information content (AvgIpc) is 2.97.